The average Bonchev–Trinajstić information content (AvgIpc) is 3.16. The summed E-state index contributed by atoms with van der Waals surface area (Å²) in [7, 11) is 0. The highest BCUT2D eigenvalue weighted by molar-refractivity contribution is 7.21. The Bertz CT molecular complexity index is 1410. The van der Waals surface area contributed by atoms with Gasteiger partial charge in [0.2, 0.25) is 0 Å². The van der Waals surface area contributed by atoms with E-state index in [9.17, 15) is 4.79 Å². The number of rotatable bonds is 4. The van der Waals surface area contributed by atoms with Crippen LogP contribution in [0.4, 0.5) is 11.4 Å². The number of fused-ring (bicyclic) bond motifs is 2. The maximum Gasteiger partial charge on any atom is 0.267 e. The van der Waals surface area contributed by atoms with Gasteiger partial charge in [-0.25, -0.2) is 4.98 Å². The highest BCUT2D eigenvalue weighted by atomic mass is 35.5. The molecule has 7 heteroatoms. The Kier molecular flexibility index (Phi) is 6.28. The highest BCUT2D eigenvalue weighted by Gasteiger charge is 2.26. The van der Waals surface area contributed by atoms with Crippen LogP contribution < -0.4 is 11.1 Å². The van der Waals surface area contributed by atoms with Crippen LogP contribution in [0.5, 0.6) is 0 Å². The number of carbonyl (C=O) groups is 1. The number of pyridine rings is 1. The molecule has 0 saturated carbocycles. The third kappa shape index (κ3) is 4.17. The Balaban J connectivity index is 1.64. The molecule has 2 aromatic carbocycles. The summed E-state index contributed by atoms with van der Waals surface area (Å²) in [5.74, 6) is 0.182. The van der Waals surface area contributed by atoms with Crippen LogP contribution in [0.1, 0.15) is 59.1 Å². The third-order valence-electron chi connectivity index (χ3n) is 6.40. The molecular formula is C27H25Cl2N3OS. The zero-order valence-corrected chi connectivity index (χ0v) is 21.4. The van der Waals surface area contributed by atoms with E-state index in [4.69, 9.17) is 33.9 Å². The van der Waals surface area contributed by atoms with Gasteiger partial charge in [0.25, 0.3) is 5.91 Å². The minimum Gasteiger partial charge on any atom is -0.397 e. The molecule has 1 aliphatic carbocycles. The minimum atomic E-state index is -0.280. The number of nitrogen functional groups attached to an aromatic ring is 1. The van der Waals surface area contributed by atoms with Gasteiger partial charge in [-0.15, -0.1) is 11.3 Å². The molecule has 5 rings (SSSR count). The lowest BCUT2D eigenvalue weighted by molar-refractivity contribution is 0.103. The van der Waals surface area contributed by atoms with Crippen molar-refractivity contribution in [2.24, 2.45) is 0 Å². The molecule has 4 aromatic rings. The van der Waals surface area contributed by atoms with E-state index in [1.54, 1.807) is 18.2 Å². The first-order valence-corrected chi connectivity index (χ1v) is 13.0. The van der Waals surface area contributed by atoms with Crippen molar-refractivity contribution in [3.63, 3.8) is 0 Å². The number of carbonyl (C=O) groups excluding carboxylic acids is 1. The van der Waals surface area contributed by atoms with E-state index >= 15 is 0 Å². The molecule has 0 aliphatic heterocycles. The number of halogens is 2. The number of nitrogens with two attached hydrogens (primary N) is 1. The second-order valence-electron chi connectivity index (χ2n) is 9.00. The van der Waals surface area contributed by atoms with Gasteiger partial charge in [-0.2, -0.15) is 0 Å². The van der Waals surface area contributed by atoms with Crippen molar-refractivity contribution in [2.45, 2.75) is 45.4 Å². The number of nitrogens with one attached hydrogen (secondary N) is 1. The summed E-state index contributed by atoms with van der Waals surface area (Å²) in [5, 5.41) is 4.59. The van der Waals surface area contributed by atoms with Crippen LogP contribution >= 0.6 is 34.5 Å². The molecule has 34 heavy (non-hydrogen) atoms. The largest absolute Gasteiger partial charge is 0.397 e. The zero-order valence-electron chi connectivity index (χ0n) is 19.0. The van der Waals surface area contributed by atoms with Crippen molar-refractivity contribution in [3.05, 3.63) is 74.2 Å². The second-order valence-corrected chi connectivity index (χ2v) is 10.8. The number of hydrogen-bond donors (Lipinski definition) is 2. The normalized spacial score (nSPS) is 13.3. The van der Waals surface area contributed by atoms with Crippen LogP contribution in [-0.2, 0) is 12.8 Å². The van der Waals surface area contributed by atoms with Crippen LogP contribution in [0.3, 0.4) is 0 Å². The molecule has 0 fully saturated rings. The van der Waals surface area contributed by atoms with E-state index in [2.05, 4.69) is 43.4 Å². The van der Waals surface area contributed by atoms with E-state index in [-0.39, 0.29) is 5.91 Å². The fourth-order valence-electron chi connectivity index (χ4n) is 4.59. The predicted molar refractivity (Wildman–Crippen MR) is 145 cm³/mol. The topological polar surface area (TPSA) is 68.0 Å². The van der Waals surface area contributed by atoms with Gasteiger partial charge in [0, 0.05) is 16.8 Å². The number of benzene rings is 2. The summed E-state index contributed by atoms with van der Waals surface area (Å²) < 4.78 is 0. The lowest BCUT2D eigenvalue weighted by Crippen LogP contribution is -2.12. The molecule has 0 atom stereocenters. The van der Waals surface area contributed by atoms with Gasteiger partial charge in [0.05, 0.1) is 15.7 Å². The Hall–Kier alpha value is -2.60. The van der Waals surface area contributed by atoms with Crippen molar-refractivity contribution in [2.75, 3.05) is 11.1 Å². The molecule has 2 heterocycles. The van der Waals surface area contributed by atoms with Gasteiger partial charge in [0.15, 0.2) is 0 Å². The molecule has 0 bridgehead atoms. The fourth-order valence-corrected chi connectivity index (χ4v) is 5.91. The predicted octanol–water partition coefficient (Wildman–Crippen LogP) is 8.11. The van der Waals surface area contributed by atoms with Crippen LogP contribution in [-0.4, -0.2) is 10.9 Å². The molecule has 0 saturated heterocycles. The van der Waals surface area contributed by atoms with Gasteiger partial charge in [-0.05, 0) is 72.1 Å². The van der Waals surface area contributed by atoms with Gasteiger partial charge < -0.3 is 11.1 Å². The Morgan fingerprint density at radius 3 is 2.50 bits per heavy atom. The van der Waals surface area contributed by atoms with Gasteiger partial charge in [0.1, 0.15) is 9.71 Å². The number of thiophene rings is 1. The molecule has 0 radical (unpaired) electrons. The number of hydrogen-bond acceptors (Lipinski definition) is 4. The SMILES string of the molecule is CC(C)c1ccc(-c2c3c(nc4sc(C(=O)Nc5ccc(Cl)c(Cl)c5)c(N)c24)CCCC3)cc1. The summed E-state index contributed by atoms with van der Waals surface area (Å²) in [6.45, 7) is 4.38. The Morgan fingerprint density at radius 1 is 1.06 bits per heavy atom. The first kappa shape index (κ1) is 23.2. The van der Waals surface area contributed by atoms with E-state index in [1.165, 1.54) is 22.5 Å². The van der Waals surface area contributed by atoms with Crippen molar-refractivity contribution in [1.29, 1.82) is 0 Å². The number of amides is 1. The maximum absolute atomic E-state index is 13.2. The summed E-state index contributed by atoms with van der Waals surface area (Å²) in [4.78, 5) is 19.4. The first-order chi connectivity index (χ1) is 16.3. The molecule has 1 amide bonds. The molecular weight excluding hydrogens is 485 g/mol. The molecule has 174 valence electrons. The van der Waals surface area contributed by atoms with E-state index < -0.39 is 0 Å². The number of aromatic nitrogens is 1. The minimum absolute atomic E-state index is 0.280. The van der Waals surface area contributed by atoms with Crippen molar-refractivity contribution >= 4 is 62.0 Å². The zero-order chi connectivity index (χ0) is 24.0. The highest BCUT2D eigenvalue weighted by Crippen LogP contribution is 2.44. The summed E-state index contributed by atoms with van der Waals surface area (Å²) >= 11 is 13.5. The van der Waals surface area contributed by atoms with E-state index in [0.717, 1.165) is 52.7 Å². The van der Waals surface area contributed by atoms with E-state index in [1.807, 2.05) is 0 Å². The van der Waals surface area contributed by atoms with Crippen LogP contribution in [0.2, 0.25) is 10.0 Å². The van der Waals surface area contributed by atoms with Gasteiger partial charge in [-0.3, -0.25) is 4.79 Å². The molecule has 0 unspecified atom stereocenters. The summed E-state index contributed by atoms with van der Waals surface area (Å²) in [5.41, 5.74) is 13.6. The quantitative estimate of drug-likeness (QED) is 0.291. The monoisotopic (exact) mass is 509 g/mol. The lowest BCUT2D eigenvalue weighted by Gasteiger charge is -2.20. The molecule has 2 aromatic heterocycles. The maximum atomic E-state index is 13.2. The third-order valence-corrected chi connectivity index (χ3v) is 8.24. The van der Waals surface area contributed by atoms with Crippen LogP contribution in [0.25, 0.3) is 21.3 Å². The number of anilines is 2. The standard InChI is InChI=1S/C27H25Cl2N3OS/c1-14(2)15-7-9-16(10-8-15)22-18-5-3-4-6-21(18)32-27-23(22)24(30)25(34-27)26(33)31-17-11-12-19(28)20(29)13-17/h7-14H,3-6,30H2,1-2H3,(H,31,33). The summed E-state index contributed by atoms with van der Waals surface area (Å²) in [6, 6.07) is 13.7. The fraction of sp³-hybridized carbons (Fsp3) is 0.259. The summed E-state index contributed by atoms with van der Waals surface area (Å²) in [6.07, 6.45) is 4.18. The Labute approximate surface area is 213 Å². The molecule has 1 aliphatic rings. The van der Waals surface area contributed by atoms with Crippen molar-refractivity contribution in [1.82, 2.24) is 4.98 Å². The van der Waals surface area contributed by atoms with Crippen LogP contribution in [0, 0.1) is 0 Å². The average molecular weight is 510 g/mol. The van der Waals surface area contributed by atoms with Crippen LogP contribution in [0.15, 0.2) is 42.5 Å². The number of aryl methyl sites for hydroxylation is 1. The second kappa shape index (κ2) is 9.21. The lowest BCUT2D eigenvalue weighted by atomic mass is 9.87. The van der Waals surface area contributed by atoms with E-state index in [0.29, 0.717) is 32.2 Å². The van der Waals surface area contributed by atoms with Gasteiger partial charge in [-0.1, -0.05) is 61.3 Å². The van der Waals surface area contributed by atoms with Gasteiger partial charge >= 0.3 is 0 Å². The molecule has 3 N–H and O–H groups in total. The van der Waals surface area contributed by atoms with Crippen molar-refractivity contribution < 1.29 is 4.79 Å². The first-order valence-electron chi connectivity index (χ1n) is 11.4. The number of nitrogens with zero attached hydrogens (tertiary/aromatic N) is 1. The Morgan fingerprint density at radius 2 is 1.79 bits per heavy atom. The van der Waals surface area contributed by atoms with Crippen molar-refractivity contribution in [3.8, 4) is 11.1 Å². The molecule has 0 spiro atoms. The smallest absolute Gasteiger partial charge is 0.267 e. The molecule has 4 nitrogen and oxygen atoms in total.